The van der Waals surface area contributed by atoms with Gasteiger partial charge in [-0.15, -0.1) is 0 Å². The summed E-state index contributed by atoms with van der Waals surface area (Å²) >= 11 is 0. The van der Waals surface area contributed by atoms with Crippen LogP contribution in [-0.4, -0.2) is 20.4 Å². The molecule has 0 saturated heterocycles. The molecule has 1 heterocycles. The van der Waals surface area contributed by atoms with E-state index in [9.17, 15) is 14.7 Å². The molecular weight excluding hydrogens is 342 g/mol. The predicted octanol–water partition coefficient (Wildman–Crippen LogP) is 3.19. The fraction of sp³-hybridized carbons (Fsp3) is 0.190. The van der Waals surface area contributed by atoms with Gasteiger partial charge < -0.3 is 5.11 Å². The Morgan fingerprint density at radius 1 is 1.07 bits per heavy atom. The van der Waals surface area contributed by atoms with Crippen LogP contribution in [0.15, 0.2) is 75.2 Å². The third-order valence-electron chi connectivity index (χ3n) is 4.36. The van der Waals surface area contributed by atoms with Crippen LogP contribution >= 0.6 is 0 Å². The topological polar surface area (TPSA) is 87.4 Å². The molecule has 6 nitrogen and oxygen atoms in total. The van der Waals surface area contributed by atoms with Gasteiger partial charge in [-0.2, -0.15) is 0 Å². The van der Waals surface area contributed by atoms with Crippen LogP contribution in [0.25, 0.3) is 5.69 Å². The highest BCUT2D eigenvalue weighted by molar-refractivity contribution is 6.02. The fourth-order valence-electron chi connectivity index (χ4n) is 2.97. The van der Waals surface area contributed by atoms with Crippen LogP contribution in [0.1, 0.15) is 37.4 Å². The smallest absolute Gasteiger partial charge is 0.335 e. The van der Waals surface area contributed by atoms with Crippen molar-refractivity contribution in [2.45, 2.75) is 26.3 Å². The van der Waals surface area contributed by atoms with E-state index < -0.39 is 17.1 Å². The molecule has 138 valence electrons. The average molecular weight is 363 g/mol. The number of hydrogen-bond acceptors (Lipinski definition) is 4. The van der Waals surface area contributed by atoms with Crippen molar-refractivity contribution in [1.29, 1.82) is 0 Å². The molecule has 1 aromatic heterocycles. The molecule has 2 N–H and O–H groups in total. The zero-order chi connectivity index (χ0) is 19.4. The number of aromatic amines is 1. The van der Waals surface area contributed by atoms with Gasteiger partial charge in [0.1, 0.15) is 5.56 Å². The first-order chi connectivity index (χ1) is 13.0. The van der Waals surface area contributed by atoms with E-state index in [2.05, 4.69) is 9.98 Å². The number of rotatable bonds is 5. The molecule has 3 rings (SSSR count). The van der Waals surface area contributed by atoms with E-state index in [0.717, 1.165) is 10.1 Å². The van der Waals surface area contributed by atoms with Gasteiger partial charge in [-0.1, -0.05) is 55.5 Å². The molecule has 3 aromatic rings. The maximum Gasteiger partial charge on any atom is 0.335 e. The van der Waals surface area contributed by atoms with Crippen molar-refractivity contribution in [3.05, 3.63) is 92.6 Å². The van der Waals surface area contributed by atoms with E-state index in [4.69, 9.17) is 0 Å². The molecule has 0 bridgehead atoms. The Labute approximate surface area is 156 Å². The first kappa shape index (κ1) is 18.4. The van der Waals surface area contributed by atoms with Gasteiger partial charge in [-0.05, 0) is 31.0 Å². The van der Waals surface area contributed by atoms with E-state index in [1.165, 1.54) is 0 Å². The average Bonchev–Trinajstić information content (AvgIpc) is 2.68. The number of para-hydroxylation sites is 1. The molecule has 0 aliphatic heterocycles. The zero-order valence-corrected chi connectivity index (χ0v) is 15.2. The third kappa shape index (κ3) is 3.74. The standard InChI is InChI=1S/C21H21N3O3/c1-3-17(22-14(2)15-10-6-4-7-11-15)18-19(25)23-21(27)24(20(18)26)16-12-8-5-9-13-16/h4-14,26H,3H2,1-2H3,(H,23,25,27). The van der Waals surface area contributed by atoms with E-state index in [1.54, 1.807) is 30.3 Å². The number of benzene rings is 2. The molecule has 2 aromatic carbocycles. The molecule has 1 unspecified atom stereocenters. The Kier molecular flexibility index (Phi) is 5.35. The van der Waals surface area contributed by atoms with Crippen molar-refractivity contribution in [3.8, 4) is 11.6 Å². The van der Waals surface area contributed by atoms with Crippen molar-refractivity contribution < 1.29 is 5.11 Å². The maximum atomic E-state index is 12.5. The Morgan fingerprint density at radius 3 is 2.26 bits per heavy atom. The Hall–Kier alpha value is -3.41. The van der Waals surface area contributed by atoms with Gasteiger partial charge in [-0.25, -0.2) is 9.36 Å². The molecule has 27 heavy (non-hydrogen) atoms. The van der Waals surface area contributed by atoms with Gasteiger partial charge in [-0.3, -0.25) is 14.8 Å². The monoisotopic (exact) mass is 363 g/mol. The van der Waals surface area contributed by atoms with Crippen LogP contribution < -0.4 is 11.2 Å². The van der Waals surface area contributed by atoms with E-state index in [1.807, 2.05) is 44.2 Å². The lowest BCUT2D eigenvalue weighted by molar-refractivity contribution is 0.429. The second-order valence-electron chi connectivity index (χ2n) is 6.14. The van der Waals surface area contributed by atoms with Gasteiger partial charge in [0.05, 0.1) is 17.4 Å². The number of aromatic hydroxyl groups is 1. The Morgan fingerprint density at radius 2 is 1.67 bits per heavy atom. The first-order valence-electron chi connectivity index (χ1n) is 8.78. The van der Waals surface area contributed by atoms with Crippen molar-refractivity contribution in [1.82, 2.24) is 9.55 Å². The summed E-state index contributed by atoms with van der Waals surface area (Å²) in [5.41, 5.74) is 0.572. The van der Waals surface area contributed by atoms with Crippen LogP contribution in [0.5, 0.6) is 5.88 Å². The highest BCUT2D eigenvalue weighted by Crippen LogP contribution is 2.22. The summed E-state index contributed by atoms with van der Waals surface area (Å²) in [6, 6.07) is 18.1. The predicted molar refractivity (Wildman–Crippen MR) is 106 cm³/mol. The molecule has 0 aliphatic carbocycles. The van der Waals surface area contributed by atoms with Crippen LogP contribution in [0.3, 0.4) is 0 Å². The number of hydrogen-bond donors (Lipinski definition) is 2. The minimum atomic E-state index is -0.695. The lowest BCUT2D eigenvalue weighted by atomic mass is 10.1. The SMILES string of the molecule is CCC(=NC(C)c1ccccc1)c1c(O)n(-c2ccccc2)c(=O)[nH]c1=O. The quantitative estimate of drug-likeness (QED) is 0.683. The van der Waals surface area contributed by atoms with E-state index in [0.29, 0.717) is 17.8 Å². The molecular formula is C21H21N3O3. The van der Waals surface area contributed by atoms with Gasteiger partial charge in [0.15, 0.2) is 0 Å². The van der Waals surface area contributed by atoms with E-state index >= 15 is 0 Å². The second-order valence-corrected chi connectivity index (χ2v) is 6.14. The summed E-state index contributed by atoms with van der Waals surface area (Å²) in [5.74, 6) is -0.407. The molecule has 0 saturated carbocycles. The molecule has 0 spiro atoms. The lowest BCUT2D eigenvalue weighted by Gasteiger charge is -2.14. The largest absolute Gasteiger partial charge is 0.493 e. The second kappa shape index (κ2) is 7.86. The van der Waals surface area contributed by atoms with E-state index in [-0.39, 0.29) is 11.6 Å². The molecule has 0 aliphatic rings. The minimum Gasteiger partial charge on any atom is -0.493 e. The number of H-pyrrole nitrogens is 1. The van der Waals surface area contributed by atoms with Crippen LogP contribution in [-0.2, 0) is 0 Å². The summed E-state index contributed by atoms with van der Waals surface area (Å²) < 4.78 is 1.08. The number of nitrogens with one attached hydrogen (secondary N) is 1. The van der Waals surface area contributed by atoms with Crippen molar-refractivity contribution in [2.75, 3.05) is 0 Å². The van der Waals surface area contributed by atoms with Crippen LogP contribution in [0, 0.1) is 0 Å². The molecule has 0 fully saturated rings. The van der Waals surface area contributed by atoms with Gasteiger partial charge in [0.25, 0.3) is 5.56 Å². The summed E-state index contributed by atoms with van der Waals surface area (Å²) in [7, 11) is 0. The van der Waals surface area contributed by atoms with Crippen molar-refractivity contribution >= 4 is 5.71 Å². The first-order valence-corrected chi connectivity index (χ1v) is 8.78. The van der Waals surface area contributed by atoms with Crippen LogP contribution in [0.4, 0.5) is 0 Å². The summed E-state index contributed by atoms with van der Waals surface area (Å²) in [4.78, 5) is 31.7. The summed E-state index contributed by atoms with van der Waals surface area (Å²) in [6.45, 7) is 3.77. The highest BCUT2D eigenvalue weighted by Gasteiger charge is 2.20. The third-order valence-corrected chi connectivity index (χ3v) is 4.36. The normalized spacial score (nSPS) is 12.7. The molecule has 6 heteroatoms. The maximum absolute atomic E-state index is 12.5. The van der Waals surface area contributed by atoms with Crippen LogP contribution in [0.2, 0.25) is 0 Å². The van der Waals surface area contributed by atoms with Gasteiger partial charge in [0.2, 0.25) is 5.88 Å². The molecule has 0 amide bonds. The minimum absolute atomic E-state index is 0.0173. The molecule has 0 radical (unpaired) electrons. The molecule has 1 atom stereocenters. The van der Waals surface area contributed by atoms with Crippen molar-refractivity contribution in [2.24, 2.45) is 4.99 Å². The number of nitrogens with zero attached hydrogens (tertiary/aromatic N) is 2. The number of aliphatic imine (C=N–C) groups is 1. The van der Waals surface area contributed by atoms with Gasteiger partial charge >= 0.3 is 5.69 Å². The fourth-order valence-corrected chi connectivity index (χ4v) is 2.97. The Bertz CT molecular complexity index is 1070. The zero-order valence-electron chi connectivity index (χ0n) is 15.2. The van der Waals surface area contributed by atoms with Gasteiger partial charge in [0, 0.05) is 0 Å². The number of aromatic nitrogens is 2. The van der Waals surface area contributed by atoms with Crippen molar-refractivity contribution in [3.63, 3.8) is 0 Å². The summed E-state index contributed by atoms with van der Waals surface area (Å²) in [5, 5.41) is 10.8. The summed E-state index contributed by atoms with van der Waals surface area (Å²) in [6.07, 6.45) is 0.431. The lowest BCUT2D eigenvalue weighted by Crippen LogP contribution is -2.33. The Balaban J connectivity index is 2.16. The highest BCUT2D eigenvalue weighted by atomic mass is 16.3.